The molecule has 0 bridgehead atoms. The minimum atomic E-state index is 0.0250. The Kier molecular flexibility index (Phi) is 6.83. The Labute approximate surface area is 200 Å². The normalized spacial score (nSPS) is 20.3. The summed E-state index contributed by atoms with van der Waals surface area (Å²) in [6, 6.07) is 16.2. The van der Waals surface area contributed by atoms with Crippen molar-refractivity contribution in [1.29, 1.82) is 0 Å². The van der Waals surface area contributed by atoms with Crippen LogP contribution >= 0.6 is 11.6 Å². The van der Waals surface area contributed by atoms with Crippen molar-refractivity contribution in [2.24, 2.45) is 11.8 Å². The summed E-state index contributed by atoms with van der Waals surface area (Å²) in [6.07, 6.45) is 4.22. The Hall–Kier alpha value is -2.57. The molecular weight excluding hydrogens is 434 g/mol. The van der Waals surface area contributed by atoms with Crippen molar-refractivity contribution in [3.8, 4) is 0 Å². The van der Waals surface area contributed by atoms with Gasteiger partial charge in [-0.05, 0) is 74.5 Å². The van der Waals surface area contributed by atoms with E-state index < -0.39 is 0 Å². The number of hydrogen-bond acceptors (Lipinski definition) is 4. The van der Waals surface area contributed by atoms with Gasteiger partial charge in [0.25, 0.3) is 0 Å². The van der Waals surface area contributed by atoms with Gasteiger partial charge >= 0.3 is 0 Å². The molecule has 3 aromatic rings. The Morgan fingerprint density at radius 1 is 1.06 bits per heavy atom. The molecule has 2 N–H and O–H groups in total. The van der Waals surface area contributed by atoms with Gasteiger partial charge in [0.15, 0.2) is 0 Å². The second-order valence-electron chi connectivity index (χ2n) is 9.45. The highest BCUT2D eigenvalue weighted by atomic mass is 35.5. The molecule has 0 radical (unpaired) electrons. The number of imidazole rings is 1. The molecule has 1 atom stereocenters. The van der Waals surface area contributed by atoms with Gasteiger partial charge in [-0.1, -0.05) is 35.9 Å². The maximum Gasteiger partial charge on any atom is 0.224 e. The van der Waals surface area contributed by atoms with Crippen molar-refractivity contribution in [2.75, 3.05) is 37.6 Å². The predicted octanol–water partition coefficient (Wildman–Crippen LogP) is 4.46. The molecule has 6 nitrogen and oxygen atoms in total. The lowest BCUT2D eigenvalue weighted by atomic mass is 9.94. The van der Waals surface area contributed by atoms with Gasteiger partial charge in [0.05, 0.1) is 17.0 Å². The smallest absolute Gasteiger partial charge is 0.224 e. The molecule has 2 saturated heterocycles. The number of halogens is 1. The second kappa shape index (κ2) is 10.1. The number of H-pyrrole nitrogens is 1. The van der Waals surface area contributed by atoms with Crippen molar-refractivity contribution in [3.05, 3.63) is 59.1 Å². The van der Waals surface area contributed by atoms with Crippen LogP contribution in [0.5, 0.6) is 0 Å². The average molecular weight is 466 g/mol. The number of aromatic nitrogens is 2. The number of amides is 1. The molecule has 1 amide bonds. The maximum absolute atomic E-state index is 12.9. The van der Waals surface area contributed by atoms with Crippen LogP contribution in [-0.4, -0.2) is 53.5 Å². The van der Waals surface area contributed by atoms with Crippen LogP contribution in [0, 0.1) is 11.8 Å². The molecule has 7 heteroatoms. The van der Waals surface area contributed by atoms with Crippen LogP contribution in [0.2, 0.25) is 5.02 Å². The fourth-order valence-electron chi connectivity index (χ4n) is 5.06. The van der Waals surface area contributed by atoms with Gasteiger partial charge in [-0.3, -0.25) is 9.69 Å². The fraction of sp³-hybridized carbons (Fsp3) is 0.462. The van der Waals surface area contributed by atoms with Gasteiger partial charge in [-0.15, -0.1) is 0 Å². The standard InChI is InChI=1S/C26H32ClN5O/c27-22-9-7-20(8-10-22)17-31-14-11-19(12-15-31)16-28-25(33)21-4-3-13-32(18-21)26-29-23-5-1-2-6-24(23)30-26/h1-2,5-10,19,21H,3-4,11-18H2,(H,28,33)(H,29,30). The first kappa shape index (κ1) is 22.2. The highest BCUT2D eigenvalue weighted by molar-refractivity contribution is 6.30. The van der Waals surface area contributed by atoms with Gasteiger partial charge in [-0.25, -0.2) is 4.98 Å². The molecule has 0 aliphatic carbocycles. The van der Waals surface area contributed by atoms with Gasteiger partial charge < -0.3 is 15.2 Å². The molecule has 5 rings (SSSR count). The van der Waals surface area contributed by atoms with E-state index in [0.29, 0.717) is 5.92 Å². The van der Waals surface area contributed by atoms with Crippen LogP contribution in [0.25, 0.3) is 11.0 Å². The summed E-state index contributed by atoms with van der Waals surface area (Å²) in [5.74, 6) is 1.66. The number of nitrogens with one attached hydrogen (secondary N) is 2. The van der Waals surface area contributed by atoms with Crippen LogP contribution < -0.4 is 10.2 Å². The number of rotatable bonds is 6. The lowest BCUT2D eigenvalue weighted by Gasteiger charge is -2.34. The molecule has 2 fully saturated rings. The minimum absolute atomic E-state index is 0.0250. The first-order valence-corrected chi connectivity index (χ1v) is 12.5. The van der Waals surface area contributed by atoms with Crippen molar-refractivity contribution < 1.29 is 4.79 Å². The third-order valence-corrected chi connectivity index (χ3v) is 7.31. The zero-order chi connectivity index (χ0) is 22.6. The third kappa shape index (κ3) is 5.50. The summed E-state index contributed by atoms with van der Waals surface area (Å²) >= 11 is 5.99. The molecule has 3 heterocycles. The summed E-state index contributed by atoms with van der Waals surface area (Å²) in [5.41, 5.74) is 3.32. The maximum atomic E-state index is 12.9. The van der Waals surface area contributed by atoms with Crippen LogP contribution in [0.4, 0.5) is 5.95 Å². The molecule has 1 aromatic heterocycles. The van der Waals surface area contributed by atoms with Crippen molar-refractivity contribution in [1.82, 2.24) is 20.2 Å². The summed E-state index contributed by atoms with van der Waals surface area (Å²) in [4.78, 5) is 25.8. The number of aromatic amines is 1. The second-order valence-corrected chi connectivity index (χ2v) is 9.89. The number of para-hydroxylation sites is 2. The molecule has 174 valence electrons. The van der Waals surface area contributed by atoms with E-state index in [9.17, 15) is 4.79 Å². The number of likely N-dealkylation sites (tertiary alicyclic amines) is 1. The van der Waals surface area contributed by atoms with E-state index in [-0.39, 0.29) is 11.8 Å². The predicted molar refractivity (Wildman–Crippen MR) is 133 cm³/mol. The first-order chi connectivity index (χ1) is 16.1. The summed E-state index contributed by atoms with van der Waals surface area (Å²) in [5, 5.41) is 4.05. The van der Waals surface area contributed by atoms with E-state index >= 15 is 0 Å². The van der Waals surface area contributed by atoms with E-state index in [4.69, 9.17) is 16.6 Å². The van der Waals surface area contributed by atoms with E-state index in [1.54, 1.807) is 0 Å². The number of carbonyl (C=O) groups excluding carboxylic acids is 1. The molecule has 2 aliphatic rings. The number of anilines is 1. The lowest BCUT2D eigenvalue weighted by Crippen LogP contribution is -2.45. The summed E-state index contributed by atoms with van der Waals surface area (Å²) in [7, 11) is 0. The van der Waals surface area contributed by atoms with Gasteiger partial charge in [0.2, 0.25) is 11.9 Å². The summed E-state index contributed by atoms with van der Waals surface area (Å²) in [6.45, 7) is 5.57. The number of piperidine rings is 2. The highest BCUT2D eigenvalue weighted by Crippen LogP contribution is 2.24. The van der Waals surface area contributed by atoms with E-state index in [2.05, 4.69) is 32.2 Å². The van der Waals surface area contributed by atoms with Crippen LogP contribution in [0.15, 0.2) is 48.5 Å². The number of carbonyl (C=O) groups is 1. The molecule has 1 unspecified atom stereocenters. The van der Waals surface area contributed by atoms with Crippen LogP contribution in [0.1, 0.15) is 31.2 Å². The topological polar surface area (TPSA) is 64.3 Å². The largest absolute Gasteiger partial charge is 0.356 e. The molecule has 2 aromatic carbocycles. The molecule has 33 heavy (non-hydrogen) atoms. The zero-order valence-corrected chi connectivity index (χ0v) is 19.7. The van der Waals surface area contributed by atoms with Gasteiger partial charge in [0.1, 0.15) is 0 Å². The van der Waals surface area contributed by atoms with E-state index in [1.165, 1.54) is 5.56 Å². The SMILES string of the molecule is O=C(NCC1CCN(Cc2ccc(Cl)cc2)CC1)C1CCCN(c2nc3ccccc3[nH]2)C1. The zero-order valence-electron chi connectivity index (χ0n) is 19.0. The Balaban J connectivity index is 1.07. The van der Waals surface area contributed by atoms with Gasteiger partial charge in [-0.2, -0.15) is 0 Å². The quantitative estimate of drug-likeness (QED) is 0.564. The first-order valence-electron chi connectivity index (χ1n) is 12.1. The minimum Gasteiger partial charge on any atom is -0.356 e. The van der Waals surface area contributed by atoms with Crippen molar-refractivity contribution in [3.63, 3.8) is 0 Å². The summed E-state index contributed by atoms with van der Waals surface area (Å²) < 4.78 is 0. The van der Waals surface area contributed by atoms with Crippen molar-refractivity contribution >= 4 is 34.5 Å². The molecule has 2 aliphatic heterocycles. The number of hydrogen-bond donors (Lipinski definition) is 2. The molecular formula is C26H32ClN5O. The monoisotopic (exact) mass is 465 g/mol. The molecule has 0 spiro atoms. The van der Waals surface area contributed by atoms with Gasteiger partial charge in [0, 0.05) is 31.2 Å². The molecule has 0 saturated carbocycles. The number of nitrogens with zero attached hydrogens (tertiary/aromatic N) is 3. The highest BCUT2D eigenvalue weighted by Gasteiger charge is 2.28. The third-order valence-electron chi connectivity index (χ3n) is 7.06. The Morgan fingerprint density at radius 2 is 1.85 bits per heavy atom. The van der Waals surface area contributed by atoms with E-state index in [1.807, 2.05) is 36.4 Å². The Morgan fingerprint density at radius 3 is 2.64 bits per heavy atom. The van der Waals surface area contributed by atoms with Crippen LogP contribution in [-0.2, 0) is 11.3 Å². The lowest BCUT2D eigenvalue weighted by molar-refractivity contribution is -0.125. The van der Waals surface area contributed by atoms with Crippen molar-refractivity contribution in [2.45, 2.75) is 32.2 Å². The average Bonchev–Trinajstić information content (AvgIpc) is 3.29. The Bertz CT molecular complexity index is 1040. The number of benzene rings is 2. The fourth-order valence-corrected chi connectivity index (χ4v) is 5.18. The number of fused-ring (bicyclic) bond motifs is 1. The van der Waals surface area contributed by atoms with Crippen LogP contribution in [0.3, 0.4) is 0 Å². The van der Waals surface area contributed by atoms with E-state index in [0.717, 1.165) is 87.0 Å².